The van der Waals surface area contributed by atoms with Crippen molar-refractivity contribution in [2.45, 2.75) is 296 Å². The number of esters is 1. The second kappa shape index (κ2) is 46.5. The van der Waals surface area contributed by atoms with Crippen molar-refractivity contribution in [3.63, 3.8) is 0 Å². The van der Waals surface area contributed by atoms with Gasteiger partial charge in [-0.15, -0.1) is 0 Å². The molecule has 0 radical (unpaired) electrons. The number of unbranched alkanes of at least 4 members (excludes halogenated alkanes) is 36. The first kappa shape index (κ1) is 54.9. The number of aliphatic hydroxyl groups is 2. The summed E-state index contributed by atoms with van der Waals surface area (Å²) in [6.45, 7) is 4.92. The van der Waals surface area contributed by atoms with E-state index >= 15 is 0 Å². The van der Waals surface area contributed by atoms with E-state index in [9.17, 15) is 19.8 Å². The number of hydrogen-bond donors (Lipinski definition) is 3. The Balaban J connectivity index is 3.39. The van der Waals surface area contributed by atoms with Crippen molar-refractivity contribution < 1.29 is 24.5 Å². The molecule has 6 nitrogen and oxygen atoms in total. The Labute approximate surface area is 349 Å². The molecule has 0 saturated heterocycles. The van der Waals surface area contributed by atoms with Crippen LogP contribution in [0.4, 0.5) is 0 Å². The van der Waals surface area contributed by atoms with Gasteiger partial charge < -0.3 is 20.3 Å². The van der Waals surface area contributed by atoms with E-state index in [1.165, 1.54) is 199 Å². The summed E-state index contributed by atoms with van der Waals surface area (Å²) < 4.78 is 5.47. The SMILES string of the molecule is CCCCCCCCCCCCCCCCCCCC(=O)OCCCCCCCCCCCCCCCC(=O)NC(CO)C(O)CCCCCCCCCCC. The number of carbonyl (C=O) groups is 2. The largest absolute Gasteiger partial charge is 0.466 e. The molecule has 0 saturated carbocycles. The molecule has 0 aliphatic heterocycles. The van der Waals surface area contributed by atoms with E-state index in [1.54, 1.807) is 0 Å². The maximum atomic E-state index is 12.4. The smallest absolute Gasteiger partial charge is 0.305 e. The van der Waals surface area contributed by atoms with Gasteiger partial charge in [-0.3, -0.25) is 9.59 Å². The van der Waals surface area contributed by atoms with Crippen LogP contribution in [-0.4, -0.2) is 47.4 Å². The van der Waals surface area contributed by atoms with E-state index in [0.717, 1.165) is 51.4 Å². The quantitative estimate of drug-likeness (QED) is 0.0421. The average Bonchev–Trinajstić information content (AvgIpc) is 3.20. The first-order chi connectivity index (χ1) is 27.5. The third kappa shape index (κ3) is 42.5. The molecule has 0 aromatic rings. The number of carbonyl (C=O) groups excluding carboxylic acids is 2. The number of rotatable bonds is 47. The van der Waals surface area contributed by atoms with Crippen molar-refractivity contribution in [3.8, 4) is 0 Å². The highest BCUT2D eigenvalue weighted by atomic mass is 16.5. The first-order valence-corrected chi connectivity index (χ1v) is 25.3. The van der Waals surface area contributed by atoms with Crippen molar-refractivity contribution in [1.29, 1.82) is 0 Å². The zero-order valence-electron chi connectivity index (χ0n) is 37.9. The molecule has 0 aliphatic rings. The fourth-order valence-corrected chi connectivity index (χ4v) is 7.99. The van der Waals surface area contributed by atoms with Crippen LogP contribution in [0.15, 0.2) is 0 Å². The Kier molecular flexibility index (Phi) is 45.6. The van der Waals surface area contributed by atoms with Crippen molar-refractivity contribution in [2.24, 2.45) is 0 Å². The molecule has 0 bridgehead atoms. The average molecular weight is 794 g/mol. The van der Waals surface area contributed by atoms with Crippen molar-refractivity contribution in [1.82, 2.24) is 5.32 Å². The zero-order chi connectivity index (χ0) is 40.8. The van der Waals surface area contributed by atoms with Crippen molar-refractivity contribution in [3.05, 3.63) is 0 Å². The van der Waals surface area contributed by atoms with Crippen LogP contribution in [-0.2, 0) is 14.3 Å². The molecule has 6 heteroatoms. The van der Waals surface area contributed by atoms with Crippen LogP contribution in [0.1, 0.15) is 284 Å². The molecule has 3 N–H and O–H groups in total. The van der Waals surface area contributed by atoms with E-state index in [-0.39, 0.29) is 18.5 Å². The van der Waals surface area contributed by atoms with E-state index in [2.05, 4.69) is 19.2 Å². The molecular formula is C50H99NO5. The number of ether oxygens (including phenoxy) is 1. The normalized spacial score (nSPS) is 12.6. The summed E-state index contributed by atoms with van der Waals surface area (Å²) >= 11 is 0. The highest BCUT2D eigenvalue weighted by Gasteiger charge is 2.20. The minimum atomic E-state index is -0.668. The Bertz CT molecular complexity index is 791. The van der Waals surface area contributed by atoms with Crippen LogP contribution in [0.25, 0.3) is 0 Å². The lowest BCUT2D eigenvalue weighted by atomic mass is 10.0. The van der Waals surface area contributed by atoms with Gasteiger partial charge in [-0.25, -0.2) is 0 Å². The molecule has 0 aromatic heterocycles. The fourth-order valence-electron chi connectivity index (χ4n) is 7.99. The lowest BCUT2D eigenvalue weighted by Gasteiger charge is -2.22. The van der Waals surface area contributed by atoms with Gasteiger partial charge in [-0.05, 0) is 25.7 Å². The Morgan fingerprint density at radius 2 is 0.732 bits per heavy atom. The van der Waals surface area contributed by atoms with Crippen LogP contribution in [0.2, 0.25) is 0 Å². The van der Waals surface area contributed by atoms with Crippen LogP contribution in [0.3, 0.4) is 0 Å². The summed E-state index contributed by atoms with van der Waals surface area (Å²) in [5.74, 6) is -0.0505. The predicted octanol–water partition coefficient (Wildman–Crippen LogP) is 14.8. The summed E-state index contributed by atoms with van der Waals surface area (Å²) in [7, 11) is 0. The maximum Gasteiger partial charge on any atom is 0.305 e. The van der Waals surface area contributed by atoms with Gasteiger partial charge in [0, 0.05) is 12.8 Å². The van der Waals surface area contributed by atoms with Gasteiger partial charge in [0.1, 0.15) is 0 Å². The van der Waals surface area contributed by atoms with E-state index in [4.69, 9.17) is 4.74 Å². The molecule has 0 spiro atoms. The first-order valence-electron chi connectivity index (χ1n) is 25.3. The monoisotopic (exact) mass is 794 g/mol. The standard InChI is InChI=1S/C50H99NO5/c1-3-5-7-9-11-13-14-15-16-17-18-21-24-28-32-36-40-44-50(55)56-45-41-37-33-29-25-22-19-20-23-27-31-35-39-43-49(54)51-47(46-52)48(53)42-38-34-30-26-12-10-8-6-4-2/h47-48,52-53H,3-46H2,1-2H3,(H,51,54). The van der Waals surface area contributed by atoms with Gasteiger partial charge in [-0.1, -0.05) is 245 Å². The summed E-state index contributed by atoms with van der Waals surface area (Å²) in [6.07, 6.45) is 50.7. The Morgan fingerprint density at radius 3 is 1.09 bits per heavy atom. The summed E-state index contributed by atoms with van der Waals surface area (Å²) in [5.41, 5.74) is 0. The van der Waals surface area contributed by atoms with Gasteiger partial charge in [0.2, 0.25) is 5.91 Å². The molecule has 0 fully saturated rings. The van der Waals surface area contributed by atoms with Gasteiger partial charge >= 0.3 is 5.97 Å². The molecule has 56 heavy (non-hydrogen) atoms. The van der Waals surface area contributed by atoms with E-state index in [0.29, 0.717) is 25.9 Å². The molecule has 2 unspecified atom stereocenters. The number of amides is 1. The topological polar surface area (TPSA) is 95.9 Å². The third-order valence-corrected chi connectivity index (χ3v) is 11.9. The highest BCUT2D eigenvalue weighted by molar-refractivity contribution is 5.76. The molecule has 0 rings (SSSR count). The second-order valence-electron chi connectivity index (χ2n) is 17.5. The van der Waals surface area contributed by atoms with Crippen LogP contribution in [0.5, 0.6) is 0 Å². The molecule has 2 atom stereocenters. The number of aliphatic hydroxyl groups excluding tert-OH is 2. The predicted molar refractivity (Wildman–Crippen MR) is 241 cm³/mol. The lowest BCUT2D eigenvalue weighted by molar-refractivity contribution is -0.143. The molecule has 0 heterocycles. The van der Waals surface area contributed by atoms with Crippen LogP contribution in [0, 0.1) is 0 Å². The van der Waals surface area contributed by atoms with Crippen LogP contribution < -0.4 is 5.32 Å². The molecule has 1 amide bonds. The van der Waals surface area contributed by atoms with E-state index in [1.807, 2.05) is 0 Å². The Hall–Kier alpha value is -1.14. The van der Waals surface area contributed by atoms with Gasteiger partial charge in [0.15, 0.2) is 0 Å². The van der Waals surface area contributed by atoms with Crippen molar-refractivity contribution in [2.75, 3.05) is 13.2 Å². The lowest BCUT2D eigenvalue weighted by Crippen LogP contribution is -2.45. The molecule has 0 aliphatic carbocycles. The zero-order valence-corrected chi connectivity index (χ0v) is 37.9. The highest BCUT2D eigenvalue weighted by Crippen LogP contribution is 2.17. The van der Waals surface area contributed by atoms with Gasteiger partial charge in [0.05, 0.1) is 25.4 Å². The number of hydrogen-bond acceptors (Lipinski definition) is 5. The van der Waals surface area contributed by atoms with Crippen molar-refractivity contribution >= 4 is 11.9 Å². The number of nitrogens with one attached hydrogen (secondary N) is 1. The summed E-state index contributed by atoms with van der Waals surface area (Å²) in [5, 5.41) is 23.0. The minimum absolute atomic E-state index is 0.00148. The molecule has 0 aromatic carbocycles. The maximum absolute atomic E-state index is 12.4. The second-order valence-corrected chi connectivity index (χ2v) is 17.5. The minimum Gasteiger partial charge on any atom is -0.466 e. The summed E-state index contributed by atoms with van der Waals surface area (Å²) in [6, 6.07) is -0.547. The third-order valence-electron chi connectivity index (χ3n) is 11.9. The van der Waals surface area contributed by atoms with Crippen LogP contribution >= 0.6 is 0 Å². The van der Waals surface area contributed by atoms with Gasteiger partial charge in [-0.2, -0.15) is 0 Å². The molecular weight excluding hydrogens is 695 g/mol. The molecule has 334 valence electrons. The summed E-state index contributed by atoms with van der Waals surface area (Å²) in [4.78, 5) is 24.4. The fraction of sp³-hybridized carbons (Fsp3) is 0.960. The Morgan fingerprint density at radius 1 is 0.429 bits per heavy atom. The van der Waals surface area contributed by atoms with Gasteiger partial charge in [0.25, 0.3) is 0 Å². The van der Waals surface area contributed by atoms with E-state index < -0.39 is 12.1 Å².